The summed E-state index contributed by atoms with van der Waals surface area (Å²) in [6.45, 7) is -0.741. The first-order valence-corrected chi connectivity index (χ1v) is 18.1. The predicted molar refractivity (Wildman–Crippen MR) is 152 cm³/mol. The number of nitrogens with two attached hydrogens (primary N) is 1. The van der Waals surface area contributed by atoms with Crippen LogP contribution in [0, 0.1) is 0 Å². The van der Waals surface area contributed by atoms with Gasteiger partial charge < -0.3 is 50.1 Å². The van der Waals surface area contributed by atoms with Crippen molar-refractivity contribution in [2.45, 2.75) is 56.0 Å². The second-order valence-corrected chi connectivity index (χ2v) is 14.7. The summed E-state index contributed by atoms with van der Waals surface area (Å²) in [5.41, 5.74) is 6.15. The van der Waals surface area contributed by atoms with Crippen molar-refractivity contribution in [3.63, 3.8) is 0 Å². The van der Waals surface area contributed by atoms with Crippen molar-refractivity contribution < 1.29 is 85.3 Å². The Balaban J connectivity index is 1.22. The van der Waals surface area contributed by atoms with Gasteiger partial charge in [0.15, 0.2) is 42.0 Å². The number of carbonyl (C=O) groups excluding carboxylic acids is 1. The van der Waals surface area contributed by atoms with Crippen LogP contribution in [0.15, 0.2) is 37.2 Å². The molecule has 26 heteroatoms. The third kappa shape index (κ3) is 8.20. The van der Waals surface area contributed by atoms with E-state index in [0.717, 1.165) is 17.2 Å². The zero-order chi connectivity index (χ0) is 35.2. The summed E-state index contributed by atoms with van der Waals surface area (Å²) in [6.07, 6.45) is -8.01. The molecule has 0 spiro atoms. The second kappa shape index (κ2) is 13.9. The first kappa shape index (κ1) is 36.6. The Kier molecular flexibility index (Phi) is 10.6. The second-order valence-electron chi connectivity index (χ2n) is 10.5. The molecule has 2 fully saturated rings. The number of hydrogen-bond donors (Lipinski definition) is 8. The molecule has 264 valence electrons. The molecule has 10 atom stereocenters. The van der Waals surface area contributed by atoms with Crippen molar-refractivity contribution >= 4 is 46.2 Å². The summed E-state index contributed by atoms with van der Waals surface area (Å²) >= 11 is 0. The van der Waals surface area contributed by atoms with Crippen molar-refractivity contribution in [3.05, 3.63) is 42.7 Å². The fraction of sp³-hybridized carbons (Fsp3) is 0.500. The van der Waals surface area contributed by atoms with E-state index in [4.69, 9.17) is 24.3 Å². The molecule has 2 unspecified atom stereocenters. The van der Waals surface area contributed by atoms with Crippen LogP contribution in [0.3, 0.4) is 0 Å². The van der Waals surface area contributed by atoms with Gasteiger partial charge in [-0.05, 0) is 13.0 Å². The number of rotatable bonds is 13. The molecular formula is C22H30N6O17P3+. The Hall–Kier alpha value is -2.66. The van der Waals surface area contributed by atoms with Crippen LogP contribution in [-0.4, -0.2) is 110 Å². The van der Waals surface area contributed by atoms with Gasteiger partial charge in [-0.3, -0.25) is 22.9 Å². The molecule has 0 amide bonds. The van der Waals surface area contributed by atoms with Gasteiger partial charge in [-0.25, -0.2) is 28.6 Å². The normalized spacial score (nSPS) is 30.3. The lowest BCUT2D eigenvalue weighted by Gasteiger charge is -2.22. The molecule has 5 heterocycles. The van der Waals surface area contributed by atoms with Gasteiger partial charge in [0.25, 0.3) is 6.23 Å². The van der Waals surface area contributed by atoms with E-state index in [0.29, 0.717) is 0 Å². The average Bonchev–Trinajstić information content (AvgIpc) is 3.64. The number of anilines is 1. The van der Waals surface area contributed by atoms with Gasteiger partial charge in [0.05, 0.1) is 25.1 Å². The molecule has 2 aliphatic rings. The number of phosphoric acid groups is 3. The number of aliphatic hydroxyl groups is 3. The van der Waals surface area contributed by atoms with Gasteiger partial charge >= 0.3 is 23.5 Å². The molecule has 0 saturated carbocycles. The van der Waals surface area contributed by atoms with E-state index in [1.807, 2.05) is 0 Å². The summed E-state index contributed by atoms with van der Waals surface area (Å²) in [6, 6.07) is 2.99. The molecule has 0 aromatic carbocycles. The number of ether oxygens (including phenoxy) is 2. The molecule has 0 radical (unpaired) electrons. The van der Waals surface area contributed by atoms with Crippen LogP contribution in [0.1, 0.15) is 29.7 Å². The maximum Gasteiger partial charge on any atom is 0.481 e. The average molecular weight is 743 g/mol. The van der Waals surface area contributed by atoms with Crippen LogP contribution in [0.5, 0.6) is 0 Å². The number of nitrogen functional groups attached to an aromatic ring is 1. The van der Waals surface area contributed by atoms with Crippen LogP contribution in [0.2, 0.25) is 0 Å². The summed E-state index contributed by atoms with van der Waals surface area (Å²) in [4.78, 5) is 62.4. The van der Waals surface area contributed by atoms with Crippen molar-refractivity contribution in [3.8, 4) is 0 Å². The molecule has 3 aromatic heterocycles. The van der Waals surface area contributed by atoms with Crippen LogP contribution in [0.4, 0.5) is 5.82 Å². The molecule has 0 aliphatic carbocycles. The number of pyridine rings is 1. The maximum absolute atomic E-state index is 12.6. The fourth-order valence-corrected chi connectivity index (χ4v) is 7.58. The van der Waals surface area contributed by atoms with Crippen LogP contribution in [0.25, 0.3) is 11.2 Å². The highest BCUT2D eigenvalue weighted by Crippen LogP contribution is 2.61. The Morgan fingerprint density at radius 3 is 2.29 bits per heavy atom. The van der Waals surface area contributed by atoms with Crippen molar-refractivity contribution in [1.29, 1.82) is 0 Å². The topological polar surface area (TPSA) is 339 Å². The largest absolute Gasteiger partial charge is 0.481 e. The number of Topliss-reactive ketones (excluding diaryl/α,β-unsaturated/α-hetero) is 1. The highest BCUT2D eigenvalue weighted by atomic mass is 31.3. The molecule has 2 aliphatic heterocycles. The number of nitrogens with zero attached hydrogens (tertiary/aromatic N) is 5. The molecule has 9 N–H and O–H groups in total. The quantitative estimate of drug-likeness (QED) is 0.0544. The summed E-state index contributed by atoms with van der Waals surface area (Å²) in [7, 11) is -16.3. The van der Waals surface area contributed by atoms with Gasteiger partial charge in [0.2, 0.25) is 0 Å². The first-order valence-electron chi connectivity index (χ1n) is 13.6. The minimum Gasteiger partial charge on any atom is -0.387 e. The number of phosphoric ester groups is 3. The van der Waals surface area contributed by atoms with Gasteiger partial charge in [-0.15, -0.1) is 0 Å². The first-order chi connectivity index (χ1) is 22.4. The number of aliphatic hydroxyl groups excluding tert-OH is 3. The lowest BCUT2D eigenvalue weighted by molar-refractivity contribution is -0.765. The van der Waals surface area contributed by atoms with E-state index in [-0.39, 0.29) is 28.3 Å². The van der Waals surface area contributed by atoms with E-state index < -0.39 is 85.8 Å². The molecule has 0 bridgehead atoms. The lowest BCUT2D eigenvalue weighted by Crippen LogP contribution is -2.46. The van der Waals surface area contributed by atoms with E-state index in [2.05, 4.69) is 23.8 Å². The number of aromatic nitrogens is 5. The van der Waals surface area contributed by atoms with E-state index >= 15 is 0 Å². The Morgan fingerprint density at radius 2 is 1.65 bits per heavy atom. The standard InChI is InChI=1S/C22H29N6O17P3/c1-10(29)11-3-2-4-27(5-11)21-16(31)15(30)12(42-21)6-40-47(36,37)45-48(38,39)41-7-13-18(44-46(33,34)35)17(32)22(43-13)28-9-26-14-19(23)24-8-25-20(14)28/h2-5,8-9,12-13,15-18,21-22,30-32H,6-7H2,1H3,(H5-,23,24,25,33,34,35,36,37,38,39)/p+1/t12-,13+,15+,16+,17-,18-,21-,22+/m1/s1. The maximum atomic E-state index is 12.6. The van der Waals surface area contributed by atoms with Crippen LogP contribution in [-0.2, 0) is 41.1 Å². The van der Waals surface area contributed by atoms with E-state index in [9.17, 15) is 53.4 Å². The Morgan fingerprint density at radius 1 is 0.979 bits per heavy atom. The van der Waals surface area contributed by atoms with E-state index in [1.54, 1.807) is 0 Å². The molecule has 48 heavy (non-hydrogen) atoms. The molecule has 3 aromatic rings. The highest BCUT2D eigenvalue weighted by molar-refractivity contribution is 7.61. The summed E-state index contributed by atoms with van der Waals surface area (Å²) in [5.74, 6) is -0.328. The van der Waals surface area contributed by atoms with Gasteiger partial charge in [0, 0.05) is 6.07 Å². The third-order valence-electron chi connectivity index (χ3n) is 7.10. The molecule has 5 rings (SSSR count). The van der Waals surface area contributed by atoms with Gasteiger partial charge in [-0.1, -0.05) is 0 Å². The van der Waals surface area contributed by atoms with Crippen molar-refractivity contribution in [2.24, 2.45) is 0 Å². The van der Waals surface area contributed by atoms with Crippen molar-refractivity contribution in [1.82, 2.24) is 19.5 Å². The molecule has 23 nitrogen and oxygen atoms in total. The number of fused-ring (bicyclic) bond motifs is 1. The highest BCUT2D eigenvalue weighted by Gasteiger charge is 2.51. The zero-order valence-electron chi connectivity index (χ0n) is 24.4. The molecule has 2 saturated heterocycles. The predicted octanol–water partition coefficient (Wildman–Crippen LogP) is -1.80. The monoisotopic (exact) mass is 743 g/mol. The number of imidazole rings is 1. The fourth-order valence-electron chi connectivity index (χ4n) is 4.91. The smallest absolute Gasteiger partial charge is 0.387 e. The van der Waals surface area contributed by atoms with Crippen LogP contribution < -0.4 is 10.3 Å². The number of ketones is 1. The minimum atomic E-state index is -5.55. The van der Waals surface area contributed by atoms with E-state index in [1.165, 1.54) is 36.0 Å². The molecular weight excluding hydrogens is 713 g/mol. The van der Waals surface area contributed by atoms with Crippen molar-refractivity contribution in [2.75, 3.05) is 18.9 Å². The van der Waals surface area contributed by atoms with Gasteiger partial charge in [0.1, 0.15) is 42.4 Å². The van der Waals surface area contributed by atoms with Crippen LogP contribution >= 0.6 is 23.5 Å². The number of hydrogen-bond acceptors (Lipinski definition) is 17. The minimum absolute atomic E-state index is 0.0357. The Labute approximate surface area is 268 Å². The number of carbonyl (C=O) groups is 1. The summed E-state index contributed by atoms with van der Waals surface area (Å²) in [5, 5.41) is 31.7. The third-order valence-corrected chi connectivity index (χ3v) is 10.2. The Bertz CT molecular complexity index is 1810. The van der Waals surface area contributed by atoms with Gasteiger partial charge in [-0.2, -0.15) is 8.88 Å². The SMILES string of the molecule is CC(=O)c1ccc[n+]([C@@H]2O[C@H](COP(=O)(O)OP(=O)(O)OC[C@@H]3O[C@H](n4cnc5c(N)ncnc54)[C@H](O)[C@@H]3OP(=O)(O)O)[C@H](O)[C@@H]2O)c1. The lowest BCUT2D eigenvalue weighted by atomic mass is 10.1. The summed E-state index contributed by atoms with van der Waals surface area (Å²) < 4.78 is 68.6. The zero-order valence-corrected chi connectivity index (χ0v) is 27.0.